The first-order valence-electron chi connectivity index (χ1n) is 9.08. The summed E-state index contributed by atoms with van der Waals surface area (Å²) < 4.78 is 11.9. The van der Waals surface area contributed by atoms with Crippen molar-refractivity contribution in [1.82, 2.24) is 14.9 Å². The molecule has 0 unspecified atom stereocenters. The van der Waals surface area contributed by atoms with Crippen LogP contribution in [0.25, 0.3) is 0 Å². The summed E-state index contributed by atoms with van der Waals surface area (Å²) in [7, 11) is 0. The van der Waals surface area contributed by atoms with E-state index >= 15 is 0 Å². The Labute approximate surface area is 149 Å². The van der Waals surface area contributed by atoms with E-state index in [-0.39, 0.29) is 6.10 Å². The zero-order chi connectivity index (χ0) is 17.0. The van der Waals surface area contributed by atoms with Gasteiger partial charge in [-0.2, -0.15) is 0 Å². The Balaban J connectivity index is 1.24. The maximum atomic E-state index is 6.05. The summed E-state index contributed by atoms with van der Waals surface area (Å²) in [5.74, 6) is 0.817. The lowest BCUT2D eigenvalue weighted by atomic mass is 9.76. The van der Waals surface area contributed by atoms with Gasteiger partial charge in [-0.05, 0) is 62.0 Å². The maximum absolute atomic E-state index is 6.05. The van der Waals surface area contributed by atoms with Gasteiger partial charge in [0.05, 0.1) is 24.6 Å². The predicted molar refractivity (Wildman–Crippen MR) is 95.3 cm³/mol. The molecule has 0 aromatic carbocycles. The molecule has 0 N–H and O–H groups in total. The molecule has 5 nitrogen and oxygen atoms in total. The zero-order valence-electron chi connectivity index (χ0n) is 14.5. The molecule has 2 aromatic heterocycles. The van der Waals surface area contributed by atoms with Crippen LogP contribution in [-0.4, -0.2) is 47.3 Å². The number of ether oxygens (including phenoxy) is 2. The van der Waals surface area contributed by atoms with E-state index in [1.54, 1.807) is 12.4 Å². The van der Waals surface area contributed by atoms with E-state index in [9.17, 15) is 0 Å². The minimum atomic E-state index is 0.197. The fraction of sp³-hybridized carbons (Fsp3) is 0.500. The summed E-state index contributed by atoms with van der Waals surface area (Å²) in [5, 5.41) is 0. The van der Waals surface area contributed by atoms with Crippen LogP contribution in [0.15, 0.2) is 48.9 Å². The first-order chi connectivity index (χ1) is 12.3. The van der Waals surface area contributed by atoms with E-state index in [2.05, 4.69) is 27.0 Å². The predicted octanol–water partition coefficient (Wildman–Crippen LogP) is 2.93. The molecule has 0 aliphatic carbocycles. The highest BCUT2D eigenvalue weighted by Crippen LogP contribution is 2.42. The number of nitrogens with zero attached hydrogens (tertiary/aromatic N) is 3. The average Bonchev–Trinajstić information content (AvgIpc) is 3.07. The van der Waals surface area contributed by atoms with Crippen molar-refractivity contribution < 1.29 is 9.47 Å². The zero-order valence-corrected chi connectivity index (χ0v) is 14.5. The summed E-state index contributed by atoms with van der Waals surface area (Å²) in [4.78, 5) is 11.0. The quantitative estimate of drug-likeness (QED) is 0.838. The second-order valence-electron chi connectivity index (χ2n) is 7.23. The fourth-order valence-electron chi connectivity index (χ4n) is 3.88. The third kappa shape index (κ3) is 4.17. The highest BCUT2D eigenvalue weighted by atomic mass is 16.5. The van der Waals surface area contributed by atoms with E-state index < -0.39 is 0 Å². The van der Waals surface area contributed by atoms with Crippen molar-refractivity contribution >= 4 is 0 Å². The smallest absolute Gasteiger partial charge is 0.137 e. The van der Waals surface area contributed by atoms with Crippen molar-refractivity contribution in [1.29, 1.82) is 0 Å². The molecule has 5 heteroatoms. The van der Waals surface area contributed by atoms with Crippen LogP contribution in [0, 0.1) is 5.41 Å². The number of piperidine rings is 1. The lowest BCUT2D eigenvalue weighted by molar-refractivity contribution is 0.0468. The van der Waals surface area contributed by atoms with Crippen LogP contribution in [0.1, 0.15) is 25.0 Å². The Hall–Kier alpha value is -1.98. The maximum Gasteiger partial charge on any atom is 0.137 e. The van der Waals surface area contributed by atoms with Crippen LogP contribution < -0.4 is 4.74 Å². The first kappa shape index (κ1) is 16.5. The van der Waals surface area contributed by atoms with Gasteiger partial charge in [0.15, 0.2) is 0 Å². The molecule has 1 spiro atoms. The van der Waals surface area contributed by atoms with Crippen LogP contribution in [0.3, 0.4) is 0 Å². The Kier molecular flexibility index (Phi) is 4.95. The van der Waals surface area contributed by atoms with Gasteiger partial charge in [-0.25, -0.2) is 0 Å². The number of hydrogen-bond donors (Lipinski definition) is 0. The van der Waals surface area contributed by atoms with Crippen LogP contribution in [0.4, 0.5) is 0 Å². The third-order valence-electron chi connectivity index (χ3n) is 5.38. The summed E-state index contributed by atoms with van der Waals surface area (Å²) in [6.45, 7) is 4.67. The molecule has 2 aliphatic rings. The summed E-state index contributed by atoms with van der Waals surface area (Å²) >= 11 is 0. The molecule has 2 aliphatic heterocycles. The normalized spacial score (nSPS) is 23.0. The Morgan fingerprint density at radius 1 is 1.16 bits per heavy atom. The molecule has 0 saturated carbocycles. The molecule has 2 fully saturated rings. The van der Waals surface area contributed by atoms with Crippen molar-refractivity contribution in [3.63, 3.8) is 0 Å². The second kappa shape index (κ2) is 7.50. The van der Waals surface area contributed by atoms with Crippen LogP contribution in [0.5, 0.6) is 5.75 Å². The molecule has 0 bridgehead atoms. The van der Waals surface area contributed by atoms with E-state index in [0.717, 1.165) is 44.1 Å². The minimum absolute atomic E-state index is 0.197. The standard InChI is InChI=1S/C20H25N3O2/c1-2-9-22-17(4-1)14-23-10-6-20(7-11-23)12-19(25-16-20)15-24-18-5-3-8-21-13-18/h1-5,8-9,13,19H,6-7,10-12,14-16H2/t19-/m1/s1. The molecular formula is C20H25N3O2. The molecule has 1 atom stereocenters. The lowest BCUT2D eigenvalue weighted by Gasteiger charge is -2.38. The van der Waals surface area contributed by atoms with Gasteiger partial charge in [0.25, 0.3) is 0 Å². The number of likely N-dealkylation sites (tertiary alicyclic amines) is 1. The van der Waals surface area contributed by atoms with Crippen molar-refractivity contribution in [2.75, 3.05) is 26.3 Å². The molecular weight excluding hydrogens is 314 g/mol. The molecule has 0 amide bonds. The average molecular weight is 339 g/mol. The van der Waals surface area contributed by atoms with Crippen LogP contribution in [-0.2, 0) is 11.3 Å². The Bertz CT molecular complexity index is 657. The largest absolute Gasteiger partial charge is 0.489 e. The van der Waals surface area contributed by atoms with Gasteiger partial charge in [0.2, 0.25) is 0 Å². The summed E-state index contributed by atoms with van der Waals surface area (Å²) in [6, 6.07) is 9.97. The van der Waals surface area contributed by atoms with Crippen LogP contribution in [0.2, 0.25) is 0 Å². The van der Waals surface area contributed by atoms with Gasteiger partial charge in [-0.15, -0.1) is 0 Å². The molecule has 2 saturated heterocycles. The lowest BCUT2D eigenvalue weighted by Crippen LogP contribution is -2.40. The highest BCUT2D eigenvalue weighted by Gasteiger charge is 2.42. The van der Waals surface area contributed by atoms with E-state index in [4.69, 9.17) is 9.47 Å². The van der Waals surface area contributed by atoms with Gasteiger partial charge in [0.1, 0.15) is 12.4 Å². The number of hydrogen-bond acceptors (Lipinski definition) is 5. The Morgan fingerprint density at radius 3 is 2.84 bits per heavy atom. The van der Waals surface area contributed by atoms with Gasteiger partial charge >= 0.3 is 0 Å². The molecule has 132 valence electrons. The number of rotatable bonds is 5. The molecule has 25 heavy (non-hydrogen) atoms. The molecule has 2 aromatic rings. The van der Waals surface area contributed by atoms with E-state index in [1.807, 2.05) is 24.4 Å². The SMILES string of the molecule is c1ccc(CN2CCC3(CC2)CO[C@@H](COc2cccnc2)C3)nc1. The van der Waals surface area contributed by atoms with Crippen LogP contribution >= 0.6 is 0 Å². The molecule has 4 rings (SSSR count). The monoisotopic (exact) mass is 339 g/mol. The first-order valence-corrected chi connectivity index (χ1v) is 9.08. The van der Waals surface area contributed by atoms with E-state index in [0.29, 0.717) is 12.0 Å². The minimum Gasteiger partial charge on any atom is -0.489 e. The topological polar surface area (TPSA) is 47.5 Å². The Morgan fingerprint density at radius 2 is 2.08 bits per heavy atom. The molecule has 0 radical (unpaired) electrons. The second-order valence-corrected chi connectivity index (χ2v) is 7.23. The highest BCUT2D eigenvalue weighted by molar-refractivity contribution is 5.15. The summed E-state index contributed by atoms with van der Waals surface area (Å²) in [6.07, 6.45) is 9.07. The van der Waals surface area contributed by atoms with Crippen molar-refractivity contribution in [3.05, 3.63) is 54.6 Å². The van der Waals surface area contributed by atoms with Crippen molar-refractivity contribution in [2.24, 2.45) is 5.41 Å². The number of pyridine rings is 2. The third-order valence-corrected chi connectivity index (χ3v) is 5.38. The van der Waals surface area contributed by atoms with Gasteiger partial charge in [0, 0.05) is 18.9 Å². The van der Waals surface area contributed by atoms with Gasteiger partial charge in [-0.3, -0.25) is 14.9 Å². The number of aromatic nitrogens is 2. The van der Waals surface area contributed by atoms with Gasteiger partial charge < -0.3 is 9.47 Å². The summed E-state index contributed by atoms with van der Waals surface area (Å²) in [5.41, 5.74) is 1.49. The fourth-order valence-corrected chi connectivity index (χ4v) is 3.88. The van der Waals surface area contributed by atoms with Gasteiger partial charge in [-0.1, -0.05) is 6.07 Å². The van der Waals surface area contributed by atoms with E-state index in [1.165, 1.54) is 12.8 Å². The van der Waals surface area contributed by atoms with Crippen molar-refractivity contribution in [3.8, 4) is 5.75 Å². The molecule has 4 heterocycles. The van der Waals surface area contributed by atoms with Crippen molar-refractivity contribution in [2.45, 2.75) is 31.9 Å².